The van der Waals surface area contributed by atoms with Crippen LogP contribution in [-0.4, -0.2) is 58.7 Å². The molecule has 2 heterocycles. The molecule has 25 heavy (non-hydrogen) atoms. The Morgan fingerprint density at radius 2 is 2.00 bits per heavy atom. The smallest absolute Gasteiger partial charge is 0.286 e. The van der Waals surface area contributed by atoms with E-state index in [1.807, 2.05) is 35.2 Å². The van der Waals surface area contributed by atoms with Gasteiger partial charge in [-0.15, -0.1) is 10.2 Å². The van der Waals surface area contributed by atoms with E-state index in [1.54, 1.807) is 0 Å². The number of benzene rings is 1. The largest absolute Gasteiger partial charge is 0.394 e. The Balaban J connectivity index is 1.73. The van der Waals surface area contributed by atoms with Crippen LogP contribution in [0.4, 0.5) is 11.6 Å². The Morgan fingerprint density at radius 1 is 1.20 bits per heavy atom. The molecule has 3 rings (SSSR count). The minimum Gasteiger partial charge on any atom is -0.394 e. The number of nitrogens with one attached hydrogen (secondary N) is 1. The second kappa shape index (κ2) is 7.86. The number of anilines is 2. The maximum Gasteiger partial charge on any atom is 0.286 e. The van der Waals surface area contributed by atoms with Crippen molar-refractivity contribution in [3.05, 3.63) is 46.4 Å². The average Bonchev–Trinajstić information content (AvgIpc) is 3.07. The first kappa shape index (κ1) is 17.1. The molecule has 9 heteroatoms. The molecule has 2 N–H and O–H groups in total. The van der Waals surface area contributed by atoms with E-state index in [-0.39, 0.29) is 32.1 Å². The number of aliphatic hydroxyl groups excluding tert-OH is 1. The maximum atomic E-state index is 12.5. The Hall–Kier alpha value is -2.78. The highest BCUT2D eigenvalue weighted by atomic mass is 16.5. The number of carbonyl (C=O) groups excluding carboxylic acids is 1. The fourth-order valence-electron chi connectivity index (χ4n) is 2.59. The number of carbonyl (C=O) groups is 1. The summed E-state index contributed by atoms with van der Waals surface area (Å²) in [6.45, 7) is 1.62. The summed E-state index contributed by atoms with van der Waals surface area (Å²) in [5.74, 6) is -0.155. The summed E-state index contributed by atoms with van der Waals surface area (Å²) in [5, 5.41) is 19.1. The van der Waals surface area contributed by atoms with Gasteiger partial charge in [0.2, 0.25) is 11.6 Å². The van der Waals surface area contributed by atoms with Gasteiger partial charge < -0.3 is 20.1 Å². The van der Waals surface area contributed by atoms with Crippen LogP contribution in [0.1, 0.15) is 10.5 Å². The number of nitrogens with zero attached hydrogens (tertiary/aromatic N) is 4. The van der Waals surface area contributed by atoms with Crippen molar-refractivity contribution in [3.8, 4) is 0 Å². The van der Waals surface area contributed by atoms with Crippen molar-refractivity contribution in [1.82, 2.24) is 20.1 Å². The molecule has 1 aliphatic heterocycles. The molecule has 1 aliphatic rings. The van der Waals surface area contributed by atoms with E-state index in [0.29, 0.717) is 19.0 Å². The van der Waals surface area contributed by atoms with Crippen LogP contribution < -0.4 is 15.8 Å². The lowest BCUT2D eigenvalue weighted by atomic mass is 10.3. The van der Waals surface area contributed by atoms with Crippen LogP contribution in [0, 0.1) is 0 Å². The first-order valence-corrected chi connectivity index (χ1v) is 7.99. The molecular weight excluding hydrogens is 326 g/mol. The molecule has 1 aromatic heterocycles. The first-order valence-electron chi connectivity index (χ1n) is 7.99. The monoisotopic (exact) mass is 345 g/mol. The van der Waals surface area contributed by atoms with Crippen molar-refractivity contribution in [2.24, 2.45) is 0 Å². The van der Waals surface area contributed by atoms with Crippen molar-refractivity contribution >= 4 is 17.5 Å². The summed E-state index contributed by atoms with van der Waals surface area (Å²) in [6, 6.07) is 9.58. The molecule has 0 fully saturated rings. The number of fused-ring (bicyclic) bond motifs is 1. The zero-order chi connectivity index (χ0) is 17.6. The summed E-state index contributed by atoms with van der Waals surface area (Å²) >= 11 is 0. The number of amides is 1. The zero-order valence-electron chi connectivity index (χ0n) is 13.6. The summed E-state index contributed by atoms with van der Waals surface area (Å²) in [6.07, 6.45) is 0. The normalized spacial score (nSPS) is 12.9. The molecule has 1 amide bonds. The summed E-state index contributed by atoms with van der Waals surface area (Å²) in [4.78, 5) is 26.5. The van der Waals surface area contributed by atoms with Gasteiger partial charge in [0.15, 0.2) is 0 Å². The van der Waals surface area contributed by atoms with Gasteiger partial charge in [-0.2, -0.15) is 0 Å². The van der Waals surface area contributed by atoms with Crippen molar-refractivity contribution in [1.29, 1.82) is 0 Å². The van der Waals surface area contributed by atoms with E-state index in [2.05, 4.69) is 15.5 Å². The van der Waals surface area contributed by atoms with Crippen LogP contribution in [0.25, 0.3) is 0 Å². The second-order valence-electron chi connectivity index (χ2n) is 5.38. The van der Waals surface area contributed by atoms with E-state index in [4.69, 9.17) is 9.84 Å². The molecule has 0 atom stereocenters. The van der Waals surface area contributed by atoms with Crippen LogP contribution in [0.5, 0.6) is 0 Å². The molecule has 0 unspecified atom stereocenters. The Bertz CT molecular complexity index is 793. The number of hydrogen-bond acceptors (Lipinski definition) is 7. The van der Waals surface area contributed by atoms with Crippen molar-refractivity contribution < 1.29 is 14.6 Å². The average molecular weight is 345 g/mol. The fourth-order valence-corrected chi connectivity index (χ4v) is 2.59. The lowest BCUT2D eigenvalue weighted by molar-refractivity contribution is 0.0833. The molecule has 1 aromatic carbocycles. The van der Waals surface area contributed by atoms with E-state index in [1.165, 1.54) is 4.57 Å². The van der Waals surface area contributed by atoms with E-state index in [9.17, 15) is 9.59 Å². The third kappa shape index (κ3) is 3.67. The van der Waals surface area contributed by atoms with Gasteiger partial charge in [-0.25, -0.2) is 0 Å². The predicted molar refractivity (Wildman–Crippen MR) is 90.0 cm³/mol. The fraction of sp³-hybridized carbons (Fsp3) is 0.375. The summed E-state index contributed by atoms with van der Waals surface area (Å²) in [5.41, 5.74) is 0.221. The summed E-state index contributed by atoms with van der Waals surface area (Å²) < 4.78 is 6.50. The SMILES string of the molecule is O=C(NCCOCCO)c1nnc2n(c1=O)CCN2c1ccccc1. The van der Waals surface area contributed by atoms with Gasteiger partial charge >= 0.3 is 0 Å². The van der Waals surface area contributed by atoms with Gasteiger partial charge in [0.1, 0.15) is 0 Å². The van der Waals surface area contributed by atoms with Crippen LogP contribution in [0.3, 0.4) is 0 Å². The van der Waals surface area contributed by atoms with Crippen LogP contribution in [-0.2, 0) is 11.3 Å². The standard InChI is InChI=1S/C16H19N5O4/c22-9-11-25-10-6-17-14(23)13-15(24)21-8-7-20(16(21)19-18-13)12-4-2-1-3-5-12/h1-5,22H,6-11H2,(H,17,23). The maximum absolute atomic E-state index is 12.5. The summed E-state index contributed by atoms with van der Waals surface area (Å²) in [7, 11) is 0. The van der Waals surface area contributed by atoms with Gasteiger partial charge in [0.05, 0.1) is 19.8 Å². The highest BCUT2D eigenvalue weighted by Gasteiger charge is 2.26. The van der Waals surface area contributed by atoms with E-state index < -0.39 is 11.5 Å². The number of ether oxygens (including phenoxy) is 1. The number of aromatic nitrogens is 3. The van der Waals surface area contributed by atoms with Crippen molar-refractivity contribution in [2.75, 3.05) is 37.8 Å². The molecule has 0 aliphatic carbocycles. The van der Waals surface area contributed by atoms with Gasteiger partial charge in [-0.05, 0) is 12.1 Å². The molecule has 2 aromatic rings. The quantitative estimate of drug-likeness (QED) is 0.653. The third-order valence-corrected chi connectivity index (χ3v) is 3.77. The van der Waals surface area contributed by atoms with Crippen molar-refractivity contribution in [3.63, 3.8) is 0 Å². The number of para-hydroxylation sites is 1. The van der Waals surface area contributed by atoms with Crippen LogP contribution in [0.2, 0.25) is 0 Å². The number of hydrogen-bond donors (Lipinski definition) is 2. The molecule has 9 nitrogen and oxygen atoms in total. The van der Waals surface area contributed by atoms with Gasteiger partial charge in [0, 0.05) is 25.3 Å². The Kier molecular flexibility index (Phi) is 5.36. The highest BCUT2D eigenvalue weighted by Crippen LogP contribution is 2.25. The number of aliphatic hydroxyl groups is 1. The zero-order valence-corrected chi connectivity index (χ0v) is 13.6. The first-order chi connectivity index (χ1) is 12.2. The molecule has 0 saturated heterocycles. The van der Waals surface area contributed by atoms with Crippen molar-refractivity contribution in [2.45, 2.75) is 6.54 Å². The lowest BCUT2D eigenvalue weighted by Gasteiger charge is -2.16. The Labute approximate surface area is 143 Å². The molecule has 0 bridgehead atoms. The van der Waals surface area contributed by atoms with E-state index in [0.717, 1.165) is 5.69 Å². The Morgan fingerprint density at radius 3 is 2.76 bits per heavy atom. The highest BCUT2D eigenvalue weighted by molar-refractivity contribution is 5.91. The van der Waals surface area contributed by atoms with Gasteiger partial charge in [-0.3, -0.25) is 14.2 Å². The van der Waals surface area contributed by atoms with Crippen LogP contribution in [0.15, 0.2) is 35.1 Å². The lowest BCUT2D eigenvalue weighted by Crippen LogP contribution is -2.36. The molecule has 0 saturated carbocycles. The topological polar surface area (TPSA) is 110 Å². The van der Waals surface area contributed by atoms with E-state index >= 15 is 0 Å². The minimum absolute atomic E-state index is 0.0799. The predicted octanol–water partition coefficient (Wildman–Crippen LogP) is -0.471. The molecular formula is C16H19N5O4. The van der Waals surface area contributed by atoms with Crippen LogP contribution >= 0.6 is 0 Å². The number of rotatable bonds is 7. The second-order valence-corrected chi connectivity index (χ2v) is 5.38. The van der Waals surface area contributed by atoms with Gasteiger partial charge in [-0.1, -0.05) is 18.2 Å². The molecule has 132 valence electrons. The third-order valence-electron chi connectivity index (χ3n) is 3.77. The molecule has 0 spiro atoms. The minimum atomic E-state index is -0.585. The molecule has 0 radical (unpaired) electrons. The van der Waals surface area contributed by atoms with Gasteiger partial charge in [0.25, 0.3) is 11.5 Å².